The molecule has 1 heterocycles. The molecule has 2 atom stereocenters. The Labute approximate surface area is 162 Å². The van der Waals surface area contributed by atoms with Gasteiger partial charge >= 0.3 is 0 Å². The van der Waals surface area contributed by atoms with E-state index >= 15 is 0 Å². The van der Waals surface area contributed by atoms with Gasteiger partial charge < -0.3 is 10.6 Å². The summed E-state index contributed by atoms with van der Waals surface area (Å²) in [6.07, 6.45) is 2.86. The number of halogens is 1. The molecule has 0 aliphatic heterocycles. The van der Waals surface area contributed by atoms with Crippen LogP contribution in [0.1, 0.15) is 12.0 Å². The summed E-state index contributed by atoms with van der Waals surface area (Å²) in [6.45, 7) is 0.461. The van der Waals surface area contributed by atoms with E-state index in [9.17, 15) is 14.0 Å². The molecule has 2 aromatic carbocycles. The molecular weight excluding hydrogens is 357 g/mol. The Morgan fingerprint density at radius 1 is 1.00 bits per heavy atom. The summed E-state index contributed by atoms with van der Waals surface area (Å²) in [5.41, 5.74) is 2.35. The first kappa shape index (κ1) is 18.1. The highest BCUT2D eigenvalue weighted by Gasteiger charge is 2.47. The van der Waals surface area contributed by atoms with Crippen molar-refractivity contribution in [1.29, 1.82) is 0 Å². The Morgan fingerprint density at radius 3 is 2.57 bits per heavy atom. The van der Waals surface area contributed by atoms with Gasteiger partial charge in [0.05, 0.1) is 23.0 Å². The van der Waals surface area contributed by atoms with Gasteiger partial charge in [0.25, 0.3) is 0 Å². The minimum absolute atomic E-state index is 0.113. The van der Waals surface area contributed by atoms with Crippen LogP contribution in [0, 0.1) is 17.7 Å². The van der Waals surface area contributed by atoms with Gasteiger partial charge in [-0.25, -0.2) is 4.39 Å². The number of carbonyl (C=O) groups excluding carboxylic acids is 2. The van der Waals surface area contributed by atoms with E-state index in [1.165, 1.54) is 12.1 Å². The maximum atomic E-state index is 12.9. The first-order chi connectivity index (χ1) is 13.6. The highest BCUT2D eigenvalue weighted by molar-refractivity contribution is 6.04. The SMILES string of the molecule is O=C(NCCc1ccc(F)cc1)C1CC1C(=O)Nc1cccc2cccnc12. The lowest BCUT2D eigenvalue weighted by molar-refractivity contribution is -0.125. The van der Waals surface area contributed by atoms with Crippen LogP contribution in [0.5, 0.6) is 0 Å². The van der Waals surface area contributed by atoms with E-state index in [0.29, 0.717) is 25.1 Å². The molecule has 142 valence electrons. The largest absolute Gasteiger partial charge is 0.356 e. The number of aromatic nitrogens is 1. The molecule has 5 nitrogen and oxygen atoms in total. The van der Waals surface area contributed by atoms with E-state index in [4.69, 9.17) is 0 Å². The second-order valence-corrected chi connectivity index (χ2v) is 6.99. The zero-order valence-electron chi connectivity index (χ0n) is 15.2. The van der Waals surface area contributed by atoms with Crippen LogP contribution >= 0.6 is 0 Å². The Kier molecular flexibility index (Phi) is 5.02. The van der Waals surface area contributed by atoms with Crippen LogP contribution in [0.15, 0.2) is 60.8 Å². The highest BCUT2D eigenvalue weighted by Crippen LogP contribution is 2.39. The van der Waals surface area contributed by atoms with Gasteiger partial charge in [-0.15, -0.1) is 0 Å². The van der Waals surface area contributed by atoms with Gasteiger partial charge in [0.1, 0.15) is 5.82 Å². The molecule has 3 aromatic rings. The van der Waals surface area contributed by atoms with Gasteiger partial charge in [-0.2, -0.15) is 0 Å². The van der Waals surface area contributed by atoms with Crippen LogP contribution in [0.3, 0.4) is 0 Å². The molecule has 0 saturated heterocycles. The zero-order valence-corrected chi connectivity index (χ0v) is 15.2. The zero-order chi connectivity index (χ0) is 19.5. The van der Waals surface area contributed by atoms with E-state index in [2.05, 4.69) is 15.6 Å². The predicted octanol–water partition coefficient (Wildman–Crippen LogP) is 3.31. The number of pyridine rings is 1. The fraction of sp³-hybridized carbons (Fsp3) is 0.227. The lowest BCUT2D eigenvalue weighted by Crippen LogP contribution is -2.29. The van der Waals surface area contributed by atoms with Crippen molar-refractivity contribution in [2.45, 2.75) is 12.8 Å². The molecule has 2 amide bonds. The molecule has 2 N–H and O–H groups in total. The topological polar surface area (TPSA) is 71.1 Å². The number of nitrogens with one attached hydrogen (secondary N) is 2. The summed E-state index contributed by atoms with van der Waals surface area (Å²) in [6, 6.07) is 15.6. The van der Waals surface area contributed by atoms with Crippen molar-refractivity contribution in [3.63, 3.8) is 0 Å². The number of anilines is 1. The standard InChI is InChI=1S/C22H20FN3O2/c23-16-8-6-14(7-9-16)10-12-25-21(27)17-13-18(17)22(28)26-19-5-1-3-15-4-2-11-24-20(15)19/h1-9,11,17-18H,10,12-13H2,(H,25,27)(H,26,28). The molecule has 0 spiro atoms. The molecule has 1 aliphatic rings. The molecule has 1 aromatic heterocycles. The molecule has 2 unspecified atom stereocenters. The van der Waals surface area contributed by atoms with Crippen molar-refractivity contribution < 1.29 is 14.0 Å². The fourth-order valence-corrected chi connectivity index (χ4v) is 3.32. The van der Waals surface area contributed by atoms with E-state index in [1.54, 1.807) is 18.3 Å². The number of carbonyl (C=O) groups is 2. The summed E-state index contributed by atoms with van der Waals surface area (Å²) in [7, 11) is 0. The van der Waals surface area contributed by atoms with Gasteiger partial charge in [0, 0.05) is 18.1 Å². The Morgan fingerprint density at radius 2 is 1.75 bits per heavy atom. The third-order valence-electron chi connectivity index (χ3n) is 4.98. The van der Waals surface area contributed by atoms with Crippen molar-refractivity contribution in [1.82, 2.24) is 10.3 Å². The maximum Gasteiger partial charge on any atom is 0.228 e. The van der Waals surface area contributed by atoms with Crippen LogP contribution < -0.4 is 10.6 Å². The van der Waals surface area contributed by atoms with E-state index in [0.717, 1.165) is 16.5 Å². The normalized spacial score (nSPS) is 17.9. The van der Waals surface area contributed by atoms with Crippen molar-refractivity contribution in [2.24, 2.45) is 11.8 Å². The quantitative estimate of drug-likeness (QED) is 0.692. The Bertz CT molecular complexity index is 1010. The fourth-order valence-electron chi connectivity index (χ4n) is 3.32. The number of para-hydroxylation sites is 1. The summed E-state index contributed by atoms with van der Waals surface area (Å²) in [4.78, 5) is 29.1. The van der Waals surface area contributed by atoms with Crippen LogP contribution in [-0.4, -0.2) is 23.3 Å². The third-order valence-corrected chi connectivity index (χ3v) is 4.98. The third kappa shape index (κ3) is 4.01. The minimum Gasteiger partial charge on any atom is -0.356 e. The molecule has 1 saturated carbocycles. The lowest BCUT2D eigenvalue weighted by Gasteiger charge is -2.08. The molecular formula is C22H20FN3O2. The average Bonchev–Trinajstić information content (AvgIpc) is 3.51. The number of fused-ring (bicyclic) bond motifs is 1. The first-order valence-electron chi connectivity index (χ1n) is 9.28. The Hall–Kier alpha value is -3.28. The molecule has 0 radical (unpaired) electrons. The van der Waals surface area contributed by atoms with Crippen molar-refractivity contribution >= 4 is 28.4 Å². The maximum absolute atomic E-state index is 12.9. The van der Waals surface area contributed by atoms with Crippen molar-refractivity contribution in [3.05, 3.63) is 72.2 Å². The monoisotopic (exact) mass is 377 g/mol. The second kappa shape index (κ2) is 7.76. The minimum atomic E-state index is -0.315. The molecule has 6 heteroatoms. The number of amides is 2. The summed E-state index contributed by atoms with van der Waals surface area (Å²) in [5.74, 6) is -1.16. The number of benzene rings is 2. The molecule has 1 fully saturated rings. The number of hydrogen-bond acceptors (Lipinski definition) is 3. The summed E-state index contributed by atoms with van der Waals surface area (Å²) < 4.78 is 12.9. The lowest BCUT2D eigenvalue weighted by atomic mass is 10.1. The number of rotatable bonds is 6. The number of hydrogen-bond donors (Lipinski definition) is 2. The molecule has 1 aliphatic carbocycles. The number of nitrogens with zero attached hydrogens (tertiary/aromatic N) is 1. The van der Waals surface area contributed by atoms with Gasteiger partial charge in [-0.1, -0.05) is 30.3 Å². The smallest absolute Gasteiger partial charge is 0.228 e. The molecule has 28 heavy (non-hydrogen) atoms. The van der Waals surface area contributed by atoms with Crippen LogP contribution in [0.4, 0.5) is 10.1 Å². The average molecular weight is 377 g/mol. The van der Waals surface area contributed by atoms with Crippen molar-refractivity contribution in [3.8, 4) is 0 Å². The van der Waals surface area contributed by atoms with E-state index < -0.39 is 0 Å². The Balaban J connectivity index is 1.29. The predicted molar refractivity (Wildman–Crippen MR) is 105 cm³/mol. The van der Waals surface area contributed by atoms with Crippen LogP contribution in [0.25, 0.3) is 10.9 Å². The van der Waals surface area contributed by atoms with Gasteiger partial charge in [-0.05, 0) is 42.7 Å². The van der Waals surface area contributed by atoms with Crippen LogP contribution in [-0.2, 0) is 16.0 Å². The first-order valence-corrected chi connectivity index (χ1v) is 9.28. The van der Waals surface area contributed by atoms with Gasteiger partial charge in [0.15, 0.2) is 0 Å². The van der Waals surface area contributed by atoms with Gasteiger partial charge in [-0.3, -0.25) is 14.6 Å². The van der Waals surface area contributed by atoms with Crippen LogP contribution in [0.2, 0.25) is 0 Å². The van der Waals surface area contributed by atoms with E-state index in [-0.39, 0.29) is 29.5 Å². The summed E-state index contributed by atoms with van der Waals surface area (Å²) >= 11 is 0. The van der Waals surface area contributed by atoms with E-state index in [1.807, 2.05) is 30.3 Å². The molecule has 0 bridgehead atoms. The molecule has 4 rings (SSSR count). The second-order valence-electron chi connectivity index (χ2n) is 6.99. The highest BCUT2D eigenvalue weighted by atomic mass is 19.1. The summed E-state index contributed by atoms with van der Waals surface area (Å²) in [5, 5.41) is 6.71. The van der Waals surface area contributed by atoms with Crippen molar-refractivity contribution in [2.75, 3.05) is 11.9 Å². The van der Waals surface area contributed by atoms with Gasteiger partial charge in [0.2, 0.25) is 11.8 Å².